The molecule has 0 unspecified atom stereocenters. The van der Waals surface area contributed by atoms with Crippen molar-refractivity contribution in [1.82, 2.24) is 10.6 Å². The van der Waals surface area contributed by atoms with Crippen LogP contribution in [0.25, 0.3) is 0 Å². The number of nitrogens with one attached hydrogen (secondary N) is 2. The molecule has 6 nitrogen and oxygen atoms in total. The molecule has 7 atom stereocenters. The molecule has 3 aliphatic carbocycles. The van der Waals surface area contributed by atoms with E-state index in [4.69, 9.17) is 4.74 Å². The zero-order valence-electron chi connectivity index (χ0n) is 19.6. The summed E-state index contributed by atoms with van der Waals surface area (Å²) in [6, 6.07) is 0.224. The molecule has 172 valence electrons. The fraction of sp³-hybridized carbons (Fsp3) is 0.800. The molecule has 1 heterocycles. The minimum absolute atomic E-state index is 0.00437. The number of ether oxygens (including phenoxy) is 1. The zero-order chi connectivity index (χ0) is 22.6. The van der Waals surface area contributed by atoms with Gasteiger partial charge in [0.05, 0.1) is 6.61 Å². The molecule has 1 aliphatic heterocycles. The molecule has 3 saturated carbocycles. The average molecular weight is 431 g/mol. The van der Waals surface area contributed by atoms with Gasteiger partial charge in [0.25, 0.3) is 0 Å². The smallest absolute Gasteiger partial charge is 0.331 e. The fourth-order valence-electron chi connectivity index (χ4n) is 7.52. The van der Waals surface area contributed by atoms with Gasteiger partial charge in [0.1, 0.15) is 5.54 Å². The molecule has 4 aliphatic rings. The van der Waals surface area contributed by atoms with Crippen LogP contribution < -0.4 is 10.6 Å². The molecule has 0 saturated heterocycles. The van der Waals surface area contributed by atoms with E-state index in [1.807, 2.05) is 0 Å². The van der Waals surface area contributed by atoms with E-state index in [1.54, 1.807) is 26.8 Å². The van der Waals surface area contributed by atoms with Crippen LogP contribution in [0.4, 0.5) is 0 Å². The van der Waals surface area contributed by atoms with E-state index < -0.39 is 5.54 Å². The first-order chi connectivity index (χ1) is 14.5. The molecule has 0 radical (unpaired) electrons. The first-order valence-electron chi connectivity index (χ1n) is 12.0. The van der Waals surface area contributed by atoms with Crippen molar-refractivity contribution in [3.8, 4) is 0 Å². The summed E-state index contributed by atoms with van der Waals surface area (Å²) in [5, 5.41) is 6.20. The van der Waals surface area contributed by atoms with Crippen LogP contribution in [0.15, 0.2) is 12.2 Å². The van der Waals surface area contributed by atoms with Gasteiger partial charge in [-0.1, -0.05) is 19.9 Å². The van der Waals surface area contributed by atoms with Crippen molar-refractivity contribution < 1.29 is 19.1 Å². The monoisotopic (exact) mass is 430 g/mol. The van der Waals surface area contributed by atoms with E-state index >= 15 is 0 Å². The first kappa shape index (κ1) is 22.3. The maximum absolute atomic E-state index is 13.3. The third-order valence-electron chi connectivity index (χ3n) is 9.22. The lowest BCUT2D eigenvalue weighted by molar-refractivity contribution is -0.153. The standard InChI is InChI=1S/C25H38N2O4/c1-6-31-22(30)23(2,3)27-21(29)18-9-8-16-15-7-10-19-25(5,14-12-20(28)26-19)17(15)11-13-24(16,18)4/h12,14-19H,6-11,13H2,1-5H3,(H,26,28)(H,27,29)/t15-,16-,17-,18+,19+,24-,25+/m0/s1. The van der Waals surface area contributed by atoms with Crippen molar-refractivity contribution in [3.63, 3.8) is 0 Å². The van der Waals surface area contributed by atoms with Crippen molar-refractivity contribution in [2.45, 2.75) is 84.7 Å². The molecule has 2 N–H and O–H groups in total. The van der Waals surface area contributed by atoms with Gasteiger partial charge in [-0.15, -0.1) is 0 Å². The highest BCUT2D eigenvalue weighted by Crippen LogP contribution is 2.65. The predicted octanol–water partition coefficient (Wildman–Crippen LogP) is 3.36. The Morgan fingerprint density at radius 2 is 1.90 bits per heavy atom. The number of amides is 2. The van der Waals surface area contributed by atoms with Crippen molar-refractivity contribution >= 4 is 17.8 Å². The van der Waals surface area contributed by atoms with Crippen molar-refractivity contribution in [2.24, 2.45) is 34.5 Å². The lowest BCUT2D eigenvalue weighted by Crippen LogP contribution is -2.60. The summed E-state index contributed by atoms with van der Waals surface area (Å²) >= 11 is 0. The van der Waals surface area contributed by atoms with Gasteiger partial charge in [0.15, 0.2) is 0 Å². The molecule has 0 aromatic heterocycles. The summed E-state index contributed by atoms with van der Waals surface area (Å²) in [5.74, 6) is 1.20. The summed E-state index contributed by atoms with van der Waals surface area (Å²) in [6.45, 7) is 10.1. The van der Waals surface area contributed by atoms with Crippen LogP contribution in [0.2, 0.25) is 0 Å². The highest BCUT2D eigenvalue weighted by atomic mass is 16.5. The maximum atomic E-state index is 13.3. The Labute approximate surface area is 185 Å². The Morgan fingerprint density at radius 1 is 1.16 bits per heavy atom. The molecule has 6 heteroatoms. The summed E-state index contributed by atoms with van der Waals surface area (Å²) in [5.41, 5.74) is -1.05. The van der Waals surface area contributed by atoms with E-state index in [9.17, 15) is 14.4 Å². The lowest BCUT2D eigenvalue weighted by Gasteiger charge is -2.58. The van der Waals surface area contributed by atoms with Gasteiger partial charge in [-0.05, 0) is 88.5 Å². The van der Waals surface area contributed by atoms with Crippen LogP contribution in [0.1, 0.15) is 73.1 Å². The topological polar surface area (TPSA) is 84.5 Å². The predicted molar refractivity (Wildman–Crippen MR) is 118 cm³/mol. The van der Waals surface area contributed by atoms with Gasteiger partial charge in [0.2, 0.25) is 11.8 Å². The quantitative estimate of drug-likeness (QED) is 0.670. The van der Waals surface area contributed by atoms with Crippen LogP contribution in [-0.2, 0) is 19.1 Å². The zero-order valence-corrected chi connectivity index (χ0v) is 19.6. The molecule has 0 bridgehead atoms. The maximum Gasteiger partial charge on any atom is 0.331 e. The van der Waals surface area contributed by atoms with Crippen molar-refractivity contribution in [2.75, 3.05) is 6.61 Å². The van der Waals surface area contributed by atoms with Gasteiger partial charge in [0, 0.05) is 17.4 Å². The first-order valence-corrected chi connectivity index (χ1v) is 12.0. The Morgan fingerprint density at radius 3 is 2.61 bits per heavy atom. The summed E-state index contributed by atoms with van der Waals surface area (Å²) in [4.78, 5) is 37.5. The van der Waals surface area contributed by atoms with E-state index in [0.717, 1.165) is 38.5 Å². The highest BCUT2D eigenvalue weighted by molar-refractivity contribution is 5.89. The SMILES string of the molecule is CCOC(=O)C(C)(C)NC(=O)[C@H]1CC[C@H]2[C@@H]3CC[C@H]4NC(=O)C=C[C@]4(C)[C@H]3CC[C@]12C. The summed E-state index contributed by atoms with van der Waals surface area (Å²) in [6.07, 6.45) is 10.0. The van der Waals surface area contributed by atoms with E-state index in [2.05, 4.69) is 30.6 Å². The molecular weight excluding hydrogens is 392 g/mol. The Kier molecular flexibility index (Phi) is 5.50. The largest absolute Gasteiger partial charge is 0.464 e. The molecule has 0 aromatic rings. The lowest BCUT2D eigenvalue weighted by atomic mass is 9.48. The van der Waals surface area contributed by atoms with E-state index in [-0.39, 0.29) is 40.6 Å². The number of hydrogen-bond acceptors (Lipinski definition) is 4. The van der Waals surface area contributed by atoms with E-state index in [0.29, 0.717) is 24.4 Å². The molecule has 0 aromatic carbocycles. The number of fused-ring (bicyclic) bond motifs is 5. The normalized spacial score (nSPS) is 41.5. The Bertz CT molecular complexity index is 805. The second-order valence-electron chi connectivity index (χ2n) is 11.2. The van der Waals surface area contributed by atoms with Crippen LogP contribution >= 0.6 is 0 Å². The minimum Gasteiger partial charge on any atom is -0.464 e. The second kappa shape index (κ2) is 7.63. The summed E-state index contributed by atoms with van der Waals surface area (Å²) in [7, 11) is 0. The van der Waals surface area contributed by atoms with Gasteiger partial charge in [-0.25, -0.2) is 4.79 Å². The molecule has 0 spiro atoms. The highest BCUT2D eigenvalue weighted by Gasteiger charge is 2.61. The third-order valence-corrected chi connectivity index (χ3v) is 9.22. The van der Waals surface area contributed by atoms with E-state index in [1.165, 1.54) is 0 Å². The van der Waals surface area contributed by atoms with Crippen molar-refractivity contribution in [1.29, 1.82) is 0 Å². The third kappa shape index (κ3) is 3.50. The molecule has 31 heavy (non-hydrogen) atoms. The molecule has 3 fully saturated rings. The number of hydrogen-bond donors (Lipinski definition) is 2. The summed E-state index contributed by atoms with van der Waals surface area (Å²) < 4.78 is 5.15. The number of esters is 1. The number of carbonyl (C=O) groups excluding carboxylic acids is 3. The number of rotatable bonds is 4. The second-order valence-corrected chi connectivity index (χ2v) is 11.2. The van der Waals surface area contributed by atoms with Gasteiger partial charge >= 0.3 is 5.97 Å². The van der Waals surface area contributed by atoms with Crippen LogP contribution in [0, 0.1) is 34.5 Å². The molecule has 4 rings (SSSR count). The van der Waals surface area contributed by atoms with Gasteiger partial charge < -0.3 is 15.4 Å². The van der Waals surface area contributed by atoms with Crippen LogP contribution in [0.3, 0.4) is 0 Å². The average Bonchev–Trinajstić information content (AvgIpc) is 3.06. The van der Waals surface area contributed by atoms with Crippen molar-refractivity contribution in [3.05, 3.63) is 12.2 Å². The Hall–Kier alpha value is -1.85. The molecule has 2 amide bonds. The minimum atomic E-state index is -1.02. The van der Waals surface area contributed by atoms with Gasteiger partial charge in [-0.2, -0.15) is 0 Å². The number of carbonyl (C=O) groups is 3. The van der Waals surface area contributed by atoms with Gasteiger partial charge in [-0.3, -0.25) is 9.59 Å². The van der Waals surface area contributed by atoms with Crippen LogP contribution in [-0.4, -0.2) is 36.0 Å². The molecular formula is C25H38N2O4. The van der Waals surface area contributed by atoms with Crippen LogP contribution in [0.5, 0.6) is 0 Å². The Balaban J connectivity index is 1.52. The fourth-order valence-corrected chi connectivity index (χ4v) is 7.52.